The Morgan fingerprint density at radius 2 is 2.11 bits per heavy atom. The molecule has 1 N–H and O–H groups in total. The van der Waals surface area contributed by atoms with Crippen LogP contribution in [-0.2, 0) is 0 Å². The Balaban J connectivity index is 3.53. The molecule has 0 radical (unpaired) electrons. The maximum absolute atomic E-state index is 12.1. The molecule has 0 atom stereocenters. The number of hydrogen-bond acceptors (Lipinski definition) is 5. The lowest BCUT2D eigenvalue weighted by atomic mass is 10.2. The van der Waals surface area contributed by atoms with Gasteiger partial charge in [0.1, 0.15) is 0 Å². The second-order valence-electron chi connectivity index (χ2n) is 3.08. The van der Waals surface area contributed by atoms with Crippen LogP contribution >= 0.6 is 0 Å². The van der Waals surface area contributed by atoms with Crippen LogP contribution in [0.3, 0.4) is 0 Å². The zero-order valence-corrected chi connectivity index (χ0v) is 8.69. The lowest BCUT2D eigenvalue weighted by Gasteiger charge is -2.11. The minimum absolute atomic E-state index is 0.246. The quantitative estimate of drug-likeness (QED) is 0.662. The molecule has 10 heteroatoms. The third-order valence-electron chi connectivity index (χ3n) is 1.79. The number of carbonyl (C=O) groups is 1. The molecule has 0 unspecified atom stereocenters. The maximum atomic E-state index is 12.1. The van der Waals surface area contributed by atoms with Crippen molar-refractivity contribution in [1.82, 2.24) is 4.98 Å². The highest BCUT2D eigenvalue weighted by Crippen LogP contribution is 2.36. The number of hydrogen-bond donors (Lipinski definition) is 1. The average Bonchev–Trinajstić information content (AvgIpc) is 2.13. The van der Waals surface area contributed by atoms with Crippen LogP contribution in [0.15, 0.2) is 6.20 Å². The van der Waals surface area contributed by atoms with Gasteiger partial charge in [0.05, 0.1) is 4.92 Å². The summed E-state index contributed by atoms with van der Waals surface area (Å²) in [4.78, 5) is 23.3. The first-order chi connectivity index (χ1) is 8.13. The summed E-state index contributed by atoms with van der Waals surface area (Å²) in [6.07, 6.45) is -4.48. The molecule has 1 aromatic heterocycles. The first-order valence-electron chi connectivity index (χ1n) is 4.26. The number of rotatable bonds is 3. The fourth-order valence-electron chi connectivity index (χ4n) is 1.16. The summed E-state index contributed by atoms with van der Waals surface area (Å²) >= 11 is 0. The van der Waals surface area contributed by atoms with E-state index < -0.39 is 34.4 Å². The van der Waals surface area contributed by atoms with Crippen LogP contribution in [-0.4, -0.2) is 27.3 Å². The first kappa shape index (κ1) is 13.7. The molecule has 0 aliphatic rings. The monoisotopic (exact) mass is 266 g/mol. The third kappa shape index (κ3) is 2.84. The van der Waals surface area contributed by atoms with Crippen molar-refractivity contribution in [3.05, 3.63) is 27.6 Å². The smallest absolute Gasteiger partial charge is 0.476 e. The van der Waals surface area contributed by atoms with Gasteiger partial charge in [-0.25, -0.2) is 9.78 Å². The topological polar surface area (TPSA) is 103 Å². The van der Waals surface area contributed by atoms with Gasteiger partial charge in [-0.15, -0.1) is 13.2 Å². The molecule has 0 aromatic carbocycles. The third-order valence-corrected chi connectivity index (χ3v) is 1.79. The molecule has 1 rings (SSSR count). The zero-order valence-electron chi connectivity index (χ0n) is 8.69. The van der Waals surface area contributed by atoms with Gasteiger partial charge in [0.2, 0.25) is 5.75 Å². The number of alkyl halides is 3. The van der Waals surface area contributed by atoms with Crippen molar-refractivity contribution in [2.45, 2.75) is 13.3 Å². The van der Waals surface area contributed by atoms with Crippen LogP contribution in [0, 0.1) is 17.0 Å². The van der Waals surface area contributed by atoms with Crippen molar-refractivity contribution >= 4 is 11.7 Å². The highest BCUT2D eigenvalue weighted by molar-refractivity contribution is 5.90. The number of aryl methyl sites for hydroxylation is 1. The van der Waals surface area contributed by atoms with Gasteiger partial charge in [-0.1, -0.05) is 0 Å². The van der Waals surface area contributed by atoms with Crippen molar-refractivity contribution in [3.63, 3.8) is 0 Å². The predicted molar refractivity (Wildman–Crippen MR) is 49.3 cm³/mol. The lowest BCUT2D eigenvalue weighted by molar-refractivity contribution is -0.389. The van der Waals surface area contributed by atoms with E-state index in [4.69, 9.17) is 5.11 Å². The summed E-state index contributed by atoms with van der Waals surface area (Å²) in [6.45, 7) is 1.11. The summed E-state index contributed by atoms with van der Waals surface area (Å²) < 4.78 is 39.7. The van der Waals surface area contributed by atoms with Gasteiger partial charge in [-0.3, -0.25) is 10.1 Å². The summed E-state index contributed by atoms with van der Waals surface area (Å²) in [5, 5.41) is 19.3. The van der Waals surface area contributed by atoms with Crippen molar-refractivity contribution < 1.29 is 32.7 Å². The van der Waals surface area contributed by atoms with E-state index in [1.165, 1.54) is 0 Å². The molecule has 98 valence electrons. The highest BCUT2D eigenvalue weighted by Gasteiger charge is 2.38. The molecule has 0 aliphatic heterocycles. The number of carboxylic acids is 1. The van der Waals surface area contributed by atoms with Crippen molar-refractivity contribution in [2.24, 2.45) is 0 Å². The van der Waals surface area contributed by atoms with Crippen LogP contribution in [0.25, 0.3) is 0 Å². The molecule has 0 saturated heterocycles. The fourth-order valence-corrected chi connectivity index (χ4v) is 1.16. The molecule has 0 saturated carbocycles. The number of nitrogens with zero attached hydrogens (tertiary/aromatic N) is 2. The maximum Gasteiger partial charge on any atom is 0.573 e. The normalized spacial score (nSPS) is 11.1. The first-order valence-corrected chi connectivity index (χ1v) is 4.26. The van der Waals surface area contributed by atoms with E-state index in [1.807, 2.05) is 0 Å². The van der Waals surface area contributed by atoms with Crippen molar-refractivity contribution in [2.75, 3.05) is 0 Å². The molecule has 0 spiro atoms. The van der Waals surface area contributed by atoms with Crippen LogP contribution in [0.5, 0.6) is 5.75 Å². The number of aromatic carboxylic acids is 1. The highest BCUT2D eigenvalue weighted by atomic mass is 19.4. The molecule has 0 bridgehead atoms. The fraction of sp³-hybridized carbons (Fsp3) is 0.250. The van der Waals surface area contributed by atoms with E-state index in [2.05, 4.69) is 9.72 Å². The Morgan fingerprint density at radius 3 is 2.50 bits per heavy atom. The summed E-state index contributed by atoms with van der Waals surface area (Å²) in [6, 6.07) is 0. The Morgan fingerprint density at radius 1 is 1.56 bits per heavy atom. The van der Waals surface area contributed by atoms with Gasteiger partial charge in [0.25, 0.3) is 0 Å². The summed E-state index contributed by atoms with van der Waals surface area (Å²) in [5.41, 5.74) is -2.51. The van der Waals surface area contributed by atoms with Crippen LogP contribution in [0.2, 0.25) is 0 Å². The number of carboxylic acid groups (broad SMARTS) is 1. The average molecular weight is 266 g/mol. The van der Waals surface area contributed by atoms with Crippen molar-refractivity contribution in [3.8, 4) is 5.75 Å². The number of ether oxygens (including phenoxy) is 1. The molecule has 1 heterocycles. The molecular weight excluding hydrogens is 261 g/mol. The summed E-state index contributed by atoms with van der Waals surface area (Å²) in [7, 11) is 0. The van der Waals surface area contributed by atoms with E-state index >= 15 is 0 Å². The Kier molecular flexibility index (Phi) is 3.39. The van der Waals surface area contributed by atoms with E-state index in [0.29, 0.717) is 0 Å². The van der Waals surface area contributed by atoms with Gasteiger partial charge < -0.3 is 9.84 Å². The lowest BCUT2D eigenvalue weighted by Crippen LogP contribution is -2.21. The Labute approximate surface area is 97.0 Å². The largest absolute Gasteiger partial charge is 0.573 e. The predicted octanol–water partition coefficient (Wildman–Crippen LogP) is 1.90. The number of halogens is 3. The summed E-state index contributed by atoms with van der Waals surface area (Å²) in [5.74, 6) is -3.29. The van der Waals surface area contributed by atoms with E-state index in [1.54, 1.807) is 0 Å². The van der Waals surface area contributed by atoms with Gasteiger partial charge in [-0.2, -0.15) is 0 Å². The molecule has 18 heavy (non-hydrogen) atoms. The minimum Gasteiger partial charge on any atom is -0.476 e. The molecular formula is C8H5F3N2O5. The Hall–Kier alpha value is -2.39. The van der Waals surface area contributed by atoms with Crippen LogP contribution in [0.4, 0.5) is 18.9 Å². The second-order valence-corrected chi connectivity index (χ2v) is 3.08. The van der Waals surface area contributed by atoms with E-state index in [-0.39, 0.29) is 5.56 Å². The van der Waals surface area contributed by atoms with Crippen LogP contribution in [0.1, 0.15) is 16.1 Å². The molecule has 7 nitrogen and oxygen atoms in total. The molecule has 0 fully saturated rings. The Bertz CT molecular complexity index is 514. The molecule has 0 amide bonds. The van der Waals surface area contributed by atoms with Crippen molar-refractivity contribution in [1.29, 1.82) is 0 Å². The number of nitro groups is 1. The SMILES string of the molecule is Cc1cnc(C(=O)O)c(OC(F)(F)F)c1[N+](=O)[O-]. The van der Waals surface area contributed by atoms with E-state index in [0.717, 1.165) is 13.1 Å². The second kappa shape index (κ2) is 4.47. The standard InChI is InChI=1S/C8H5F3N2O5/c1-3-2-12-4(7(14)15)6(5(3)13(16)17)18-8(9,10)11/h2H,1H3,(H,14,15). The van der Waals surface area contributed by atoms with Gasteiger partial charge in [0.15, 0.2) is 5.69 Å². The van der Waals surface area contributed by atoms with Gasteiger partial charge in [-0.05, 0) is 6.92 Å². The zero-order chi connectivity index (χ0) is 14.1. The minimum atomic E-state index is -5.26. The number of pyridine rings is 1. The van der Waals surface area contributed by atoms with Crippen LogP contribution < -0.4 is 4.74 Å². The van der Waals surface area contributed by atoms with E-state index in [9.17, 15) is 28.1 Å². The molecule has 0 aliphatic carbocycles. The van der Waals surface area contributed by atoms with Gasteiger partial charge in [0, 0.05) is 11.8 Å². The molecule has 1 aromatic rings. The van der Waals surface area contributed by atoms with Gasteiger partial charge >= 0.3 is 18.0 Å². The number of aromatic nitrogens is 1.